The molecule has 2 nitrogen and oxygen atoms in total. The van der Waals surface area contributed by atoms with Crippen molar-refractivity contribution in [3.05, 3.63) is 77.2 Å². The van der Waals surface area contributed by atoms with Crippen LogP contribution in [-0.2, 0) is 0 Å². The lowest BCUT2D eigenvalue weighted by Crippen LogP contribution is -2.29. The summed E-state index contributed by atoms with van der Waals surface area (Å²) in [5, 5.41) is 0. The van der Waals surface area contributed by atoms with E-state index in [1.807, 2.05) is 19.1 Å². The molecule has 2 aliphatic heterocycles. The summed E-state index contributed by atoms with van der Waals surface area (Å²) in [6, 6.07) is 6.23. The number of hydrogen-bond acceptors (Lipinski definition) is 2. The minimum absolute atomic E-state index is 0.179. The van der Waals surface area contributed by atoms with Gasteiger partial charge in [-0.3, -0.25) is 0 Å². The van der Waals surface area contributed by atoms with Crippen molar-refractivity contribution in [1.82, 2.24) is 4.90 Å². The molecule has 3 rings (SSSR count). The third kappa shape index (κ3) is 2.67. The summed E-state index contributed by atoms with van der Waals surface area (Å²) in [5.74, 6) is -0.589. The average Bonchev–Trinajstić information content (AvgIpc) is 2.45. The van der Waals surface area contributed by atoms with Gasteiger partial charge >= 0.3 is 0 Å². The molecule has 2 heterocycles. The number of nitrogens with two attached hydrogens (primary N) is 1. The van der Waals surface area contributed by atoms with Crippen LogP contribution < -0.4 is 5.73 Å². The second-order valence-corrected chi connectivity index (χ2v) is 5.28. The number of benzene rings is 1. The third-order valence-electron chi connectivity index (χ3n) is 3.67. The Labute approximate surface area is 122 Å². The predicted molar refractivity (Wildman–Crippen MR) is 80.1 cm³/mol. The Morgan fingerprint density at radius 2 is 2.05 bits per heavy atom. The van der Waals surface area contributed by atoms with Crippen LogP contribution in [0.5, 0.6) is 0 Å². The van der Waals surface area contributed by atoms with E-state index in [4.69, 9.17) is 5.73 Å². The second-order valence-electron chi connectivity index (χ2n) is 5.28. The molecule has 0 fully saturated rings. The van der Waals surface area contributed by atoms with E-state index in [9.17, 15) is 8.78 Å². The zero-order valence-electron chi connectivity index (χ0n) is 11.7. The van der Waals surface area contributed by atoms with Crippen LogP contribution in [0.2, 0.25) is 0 Å². The summed E-state index contributed by atoms with van der Waals surface area (Å²) in [6.45, 7) is 2.37. The molecule has 1 aromatic rings. The lowest BCUT2D eigenvalue weighted by Gasteiger charge is -2.32. The highest BCUT2D eigenvalue weighted by Crippen LogP contribution is 2.32. The van der Waals surface area contributed by atoms with E-state index in [0.717, 1.165) is 22.4 Å². The molecule has 0 saturated heterocycles. The van der Waals surface area contributed by atoms with Crippen LogP contribution >= 0.6 is 0 Å². The molecule has 1 unspecified atom stereocenters. The van der Waals surface area contributed by atoms with Gasteiger partial charge in [-0.15, -0.1) is 0 Å². The van der Waals surface area contributed by atoms with Gasteiger partial charge in [0.25, 0.3) is 0 Å². The topological polar surface area (TPSA) is 29.3 Å². The summed E-state index contributed by atoms with van der Waals surface area (Å²) in [7, 11) is 0. The van der Waals surface area contributed by atoms with Gasteiger partial charge in [-0.1, -0.05) is 12.1 Å². The van der Waals surface area contributed by atoms with Gasteiger partial charge in [0.15, 0.2) is 0 Å². The van der Waals surface area contributed by atoms with E-state index >= 15 is 0 Å². The standard InChI is InChI=1S/C17H16F2N2/c1-11(20)16-8-15-6-5-14(19)9-21(15)10-17(16)12-3-2-4-13(18)7-12/h2-9,11H,10,20H2,1H3. The zero-order chi connectivity index (χ0) is 15.0. The fourth-order valence-electron chi connectivity index (χ4n) is 2.64. The fourth-order valence-corrected chi connectivity index (χ4v) is 2.64. The highest BCUT2D eigenvalue weighted by Gasteiger charge is 2.23. The molecule has 4 heteroatoms. The molecule has 2 N–H and O–H groups in total. The van der Waals surface area contributed by atoms with Gasteiger partial charge in [0.2, 0.25) is 0 Å². The summed E-state index contributed by atoms with van der Waals surface area (Å²) < 4.78 is 26.9. The van der Waals surface area contributed by atoms with Crippen LogP contribution in [0.15, 0.2) is 65.8 Å². The van der Waals surface area contributed by atoms with E-state index in [0.29, 0.717) is 6.54 Å². The second kappa shape index (κ2) is 5.30. The van der Waals surface area contributed by atoms with Gasteiger partial charge in [-0.25, -0.2) is 8.78 Å². The Morgan fingerprint density at radius 3 is 2.76 bits per heavy atom. The van der Waals surface area contributed by atoms with Gasteiger partial charge in [-0.05, 0) is 54.0 Å². The first-order valence-corrected chi connectivity index (χ1v) is 6.83. The van der Waals surface area contributed by atoms with Gasteiger partial charge < -0.3 is 10.6 Å². The Balaban J connectivity index is 2.10. The molecule has 1 atom stereocenters. The first-order chi connectivity index (χ1) is 10.0. The monoisotopic (exact) mass is 286 g/mol. The molecule has 21 heavy (non-hydrogen) atoms. The van der Waals surface area contributed by atoms with Crippen molar-refractivity contribution < 1.29 is 8.78 Å². The van der Waals surface area contributed by atoms with Crippen molar-refractivity contribution in [2.45, 2.75) is 13.0 Å². The van der Waals surface area contributed by atoms with Crippen molar-refractivity contribution >= 4 is 5.57 Å². The molecule has 0 amide bonds. The van der Waals surface area contributed by atoms with Gasteiger partial charge in [0.1, 0.15) is 11.6 Å². The first kappa shape index (κ1) is 13.8. The van der Waals surface area contributed by atoms with E-state index in [-0.39, 0.29) is 17.7 Å². The van der Waals surface area contributed by atoms with Crippen LogP contribution in [0.3, 0.4) is 0 Å². The van der Waals surface area contributed by atoms with Gasteiger partial charge in [0.05, 0.1) is 0 Å². The smallest absolute Gasteiger partial charge is 0.139 e. The molecule has 1 aromatic carbocycles. The molecular weight excluding hydrogens is 270 g/mol. The molecular formula is C17H16F2N2. The summed E-state index contributed by atoms with van der Waals surface area (Å²) in [4.78, 5) is 1.81. The maximum atomic E-state index is 13.5. The van der Waals surface area contributed by atoms with Crippen LogP contribution in [0.25, 0.3) is 5.57 Å². The lowest BCUT2D eigenvalue weighted by molar-refractivity contribution is 0.494. The van der Waals surface area contributed by atoms with Crippen LogP contribution in [0.1, 0.15) is 12.5 Å². The van der Waals surface area contributed by atoms with E-state index in [1.165, 1.54) is 24.4 Å². The fraction of sp³-hybridized carbons (Fsp3) is 0.176. The Kier molecular flexibility index (Phi) is 3.47. The molecule has 0 spiro atoms. The van der Waals surface area contributed by atoms with Crippen molar-refractivity contribution in [2.75, 3.05) is 6.54 Å². The molecule has 2 aliphatic rings. The van der Waals surface area contributed by atoms with E-state index in [1.54, 1.807) is 17.0 Å². The molecule has 0 bridgehead atoms. The van der Waals surface area contributed by atoms with Crippen molar-refractivity contribution in [3.8, 4) is 0 Å². The van der Waals surface area contributed by atoms with Crippen LogP contribution in [0.4, 0.5) is 8.78 Å². The number of hydrogen-bond donors (Lipinski definition) is 1. The number of allylic oxidation sites excluding steroid dienone is 3. The van der Waals surface area contributed by atoms with Crippen molar-refractivity contribution in [1.29, 1.82) is 0 Å². The number of halogens is 2. The highest BCUT2D eigenvalue weighted by molar-refractivity contribution is 5.75. The maximum absolute atomic E-state index is 13.5. The summed E-state index contributed by atoms with van der Waals surface area (Å²) in [5.41, 5.74) is 9.60. The van der Waals surface area contributed by atoms with Crippen molar-refractivity contribution in [3.63, 3.8) is 0 Å². The van der Waals surface area contributed by atoms with Crippen molar-refractivity contribution in [2.24, 2.45) is 5.73 Å². The highest BCUT2D eigenvalue weighted by atomic mass is 19.1. The first-order valence-electron chi connectivity index (χ1n) is 6.83. The number of fused-ring (bicyclic) bond motifs is 1. The Bertz CT molecular complexity index is 696. The minimum Gasteiger partial charge on any atom is -0.341 e. The van der Waals surface area contributed by atoms with Crippen LogP contribution in [0, 0.1) is 5.82 Å². The van der Waals surface area contributed by atoms with Crippen LogP contribution in [-0.4, -0.2) is 17.5 Å². The Hall–Kier alpha value is -2.20. The minimum atomic E-state index is -0.296. The molecule has 0 radical (unpaired) electrons. The molecule has 0 aromatic heterocycles. The Morgan fingerprint density at radius 1 is 1.24 bits per heavy atom. The predicted octanol–water partition coefficient (Wildman–Crippen LogP) is 3.51. The molecule has 0 aliphatic carbocycles. The summed E-state index contributed by atoms with van der Waals surface area (Å²) >= 11 is 0. The zero-order valence-corrected chi connectivity index (χ0v) is 11.7. The largest absolute Gasteiger partial charge is 0.341 e. The quantitative estimate of drug-likeness (QED) is 0.901. The maximum Gasteiger partial charge on any atom is 0.139 e. The van der Waals surface area contributed by atoms with Gasteiger partial charge in [0, 0.05) is 24.5 Å². The average molecular weight is 286 g/mol. The molecule has 0 saturated carbocycles. The lowest BCUT2D eigenvalue weighted by atomic mass is 9.91. The van der Waals surface area contributed by atoms with E-state index in [2.05, 4.69) is 0 Å². The summed E-state index contributed by atoms with van der Waals surface area (Å²) in [6.07, 6.45) is 6.53. The number of rotatable bonds is 2. The normalized spacial score (nSPS) is 19.1. The molecule has 108 valence electrons. The van der Waals surface area contributed by atoms with E-state index < -0.39 is 0 Å². The number of nitrogens with zero attached hydrogens (tertiary/aromatic N) is 1. The van der Waals surface area contributed by atoms with Gasteiger partial charge in [-0.2, -0.15) is 0 Å². The SMILES string of the molecule is CC(N)C1=C(c2cccc(F)c2)CN2C=C(F)C=CC2=C1. The third-order valence-corrected chi connectivity index (χ3v) is 3.67.